The second-order valence-electron chi connectivity index (χ2n) is 6.45. The summed E-state index contributed by atoms with van der Waals surface area (Å²) < 4.78 is 18.3. The van der Waals surface area contributed by atoms with Crippen LogP contribution in [0.15, 0.2) is 53.1 Å². The van der Waals surface area contributed by atoms with Crippen LogP contribution in [0.1, 0.15) is 30.2 Å². The molecular formula is C20H23N3O4. The number of carbonyl (C=O) groups is 1. The lowest BCUT2D eigenvalue weighted by molar-refractivity contribution is 0.0991. The largest absolute Gasteiger partial charge is 0.493 e. The number of amides is 1. The normalized spacial score (nSPS) is 10.8. The van der Waals surface area contributed by atoms with Crippen LogP contribution in [0.3, 0.4) is 0 Å². The van der Waals surface area contributed by atoms with E-state index in [-0.39, 0.29) is 18.3 Å². The zero-order chi connectivity index (χ0) is 19.2. The molecule has 0 aliphatic heterocycles. The zero-order valence-corrected chi connectivity index (χ0v) is 15.6. The molecule has 142 valence electrons. The summed E-state index contributed by atoms with van der Waals surface area (Å²) in [6.07, 6.45) is 1.66. The Bertz CT molecular complexity index is 898. The highest BCUT2D eigenvalue weighted by Crippen LogP contribution is 2.27. The summed E-state index contributed by atoms with van der Waals surface area (Å²) in [5, 5.41) is 7.05. The third kappa shape index (κ3) is 4.69. The molecule has 7 nitrogen and oxygen atoms in total. The molecule has 1 amide bonds. The third-order valence-corrected chi connectivity index (χ3v) is 3.82. The zero-order valence-electron chi connectivity index (χ0n) is 15.6. The molecule has 0 unspecified atom stereocenters. The van der Waals surface area contributed by atoms with Gasteiger partial charge in [0, 0.05) is 12.6 Å². The van der Waals surface area contributed by atoms with E-state index < -0.39 is 0 Å². The molecule has 0 saturated carbocycles. The maximum Gasteiger partial charge on any atom is 0.292 e. The average Bonchev–Trinajstić information content (AvgIpc) is 3.29. The smallest absolute Gasteiger partial charge is 0.292 e. The van der Waals surface area contributed by atoms with Crippen LogP contribution >= 0.6 is 0 Å². The van der Waals surface area contributed by atoms with E-state index in [1.165, 1.54) is 0 Å². The van der Waals surface area contributed by atoms with Crippen LogP contribution in [0.25, 0.3) is 0 Å². The van der Waals surface area contributed by atoms with Gasteiger partial charge in [-0.2, -0.15) is 5.10 Å². The molecule has 3 rings (SSSR count). The van der Waals surface area contributed by atoms with E-state index >= 15 is 0 Å². The van der Waals surface area contributed by atoms with Gasteiger partial charge in [-0.05, 0) is 30.2 Å². The summed E-state index contributed by atoms with van der Waals surface area (Å²) in [7, 11) is 1.58. The molecule has 3 aromatic rings. The van der Waals surface area contributed by atoms with E-state index in [1.807, 2.05) is 24.3 Å². The van der Waals surface area contributed by atoms with Gasteiger partial charge in [0.25, 0.3) is 5.91 Å². The molecule has 27 heavy (non-hydrogen) atoms. The molecule has 0 radical (unpaired) electrons. The van der Waals surface area contributed by atoms with Gasteiger partial charge < -0.3 is 19.2 Å². The molecular weight excluding hydrogens is 346 g/mol. The quantitative estimate of drug-likeness (QED) is 0.650. The first kappa shape index (κ1) is 18.6. The Morgan fingerprint density at radius 1 is 1.19 bits per heavy atom. The Labute approximate surface area is 157 Å². The van der Waals surface area contributed by atoms with Gasteiger partial charge in [0.1, 0.15) is 18.2 Å². The number of furan rings is 1. The van der Waals surface area contributed by atoms with Gasteiger partial charge in [0.15, 0.2) is 17.3 Å². The van der Waals surface area contributed by atoms with E-state index in [0.29, 0.717) is 29.0 Å². The van der Waals surface area contributed by atoms with E-state index in [1.54, 1.807) is 36.2 Å². The molecule has 0 saturated heterocycles. The monoisotopic (exact) mass is 369 g/mol. The van der Waals surface area contributed by atoms with Gasteiger partial charge in [-0.25, -0.2) is 4.68 Å². The summed E-state index contributed by atoms with van der Waals surface area (Å²) in [4.78, 5) is 12.4. The Kier molecular flexibility index (Phi) is 5.80. The van der Waals surface area contributed by atoms with Crippen molar-refractivity contribution in [1.82, 2.24) is 9.78 Å². The molecule has 0 fully saturated rings. The van der Waals surface area contributed by atoms with Gasteiger partial charge in [0.05, 0.1) is 13.3 Å². The second kappa shape index (κ2) is 8.44. The van der Waals surface area contributed by atoms with Crippen molar-refractivity contribution in [2.75, 3.05) is 12.4 Å². The summed E-state index contributed by atoms with van der Waals surface area (Å²) in [5.74, 6) is 2.73. The van der Waals surface area contributed by atoms with Crippen molar-refractivity contribution in [1.29, 1.82) is 0 Å². The molecule has 7 heteroatoms. The second-order valence-corrected chi connectivity index (χ2v) is 6.45. The number of para-hydroxylation sites is 2. The van der Waals surface area contributed by atoms with Crippen molar-refractivity contribution in [2.24, 2.45) is 5.92 Å². The van der Waals surface area contributed by atoms with E-state index in [4.69, 9.17) is 13.9 Å². The van der Waals surface area contributed by atoms with Crippen LogP contribution in [-0.4, -0.2) is 22.8 Å². The lowest BCUT2D eigenvalue weighted by atomic mass is 10.2. The van der Waals surface area contributed by atoms with E-state index in [2.05, 4.69) is 24.3 Å². The third-order valence-electron chi connectivity index (χ3n) is 3.82. The first-order valence-corrected chi connectivity index (χ1v) is 8.74. The average molecular weight is 369 g/mol. The number of benzene rings is 1. The Morgan fingerprint density at radius 3 is 2.70 bits per heavy atom. The van der Waals surface area contributed by atoms with Crippen LogP contribution in [0, 0.1) is 5.92 Å². The Hall–Kier alpha value is -3.22. The fourth-order valence-corrected chi connectivity index (χ4v) is 2.57. The molecule has 0 atom stereocenters. The predicted molar refractivity (Wildman–Crippen MR) is 101 cm³/mol. The van der Waals surface area contributed by atoms with Crippen LogP contribution in [0.4, 0.5) is 5.82 Å². The highest BCUT2D eigenvalue weighted by Gasteiger charge is 2.15. The van der Waals surface area contributed by atoms with Crippen molar-refractivity contribution in [3.63, 3.8) is 0 Å². The first-order valence-electron chi connectivity index (χ1n) is 8.74. The molecule has 2 heterocycles. The number of aromatic nitrogens is 2. The SMILES string of the molecule is COc1ccccc1OCc1ccc(C(=O)Nc2ccnn2CC(C)C)o1. The summed E-state index contributed by atoms with van der Waals surface area (Å²) in [6.45, 7) is 5.10. The summed E-state index contributed by atoms with van der Waals surface area (Å²) in [5.41, 5.74) is 0. The predicted octanol–water partition coefficient (Wildman–Crippen LogP) is 3.97. The van der Waals surface area contributed by atoms with E-state index in [9.17, 15) is 4.79 Å². The molecule has 0 aliphatic carbocycles. The lowest BCUT2D eigenvalue weighted by Crippen LogP contribution is -2.16. The van der Waals surface area contributed by atoms with Crippen LogP contribution in [-0.2, 0) is 13.2 Å². The topological polar surface area (TPSA) is 78.5 Å². The summed E-state index contributed by atoms with van der Waals surface area (Å²) >= 11 is 0. The fraction of sp³-hybridized carbons (Fsp3) is 0.300. The van der Waals surface area contributed by atoms with Gasteiger partial charge in [-0.15, -0.1) is 0 Å². The van der Waals surface area contributed by atoms with Crippen LogP contribution in [0.5, 0.6) is 11.5 Å². The number of rotatable bonds is 8. The first-order chi connectivity index (χ1) is 13.1. The van der Waals surface area contributed by atoms with E-state index in [0.717, 1.165) is 6.54 Å². The molecule has 1 aromatic carbocycles. The Morgan fingerprint density at radius 2 is 1.96 bits per heavy atom. The van der Waals surface area contributed by atoms with Crippen molar-refractivity contribution >= 4 is 11.7 Å². The van der Waals surface area contributed by atoms with Crippen molar-refractivity contribution in [3.05, 3.63) is 60.2 Å². The summed E-state index contributed by atoms with van der Waals surface area (Å²) in [6, 6.07) is 12.5. The molecule has 0 spiro atoms. The highest BCUT2D eigenvalue weighted by atomic mass is 16.5. The number of nitrogens with zero attached hydrogens (tertiary/aromatic N) is 2. The number of hydrogen-bond acceptors (Lipinski definition) is 5. The molecule has 0 aliphatic rings. The van der Waals surface area contributed by atoms with Crippen molar-refractivity contribution in [2.45, 2.75) is 27.0 Å². The van der Waals surface area contributed by atoms with Crippen LogP contribution in [0.2, 0.25) is 0 Å². The van der Waals surface area contributed by atoms with Gasteiger partial charge in [-0.3, -0.25) is 4.79 Å². The highest BCUT2D eigenvalue weighted by molar-refractivity contribution is 6.01. The maximum absolute atomic E-state index is 12.4. The number of carbonyl (C=O) groups excluding carboxylic acids is 1. The lowest BCUT2D eigenvalue weighted by Gasteiger charge is -2.10. The molecule has 0 bridgehead atoms. The number of nitrogens with one attached hydrogen (secondary N) is 1. The number of hydrogen-bond donors (Lipinski definition) is 1. The molecule has 2 aromatic heterocycles. The minimum Gasteiger partial charge on any atom is -0.493 e. The Balaban J connectivity index is 1.62. The van der Waals surface area contributed by atoms with Gasteiger partial charge in [0.2, 0.25) is 0 Å². The number of anilines is 1. The minimum atomic E-state index is -0.330. The molecule has 1 N–H and O–H groups in total. The van der Waals surface area contributed by atoms with Gasteiger partial charge in [-0.1, -0.05) is 26.0 Å². The van der Waals surface area contributed by atoms with Crippen molar-refractivity contribution < 1.29 is 18.7 Å². The number of methoxy groups -OCH3 is 1. The maximum atomic E-state index is 12.4. The fourth-order valence-electron chi connectivity index (χ4n) is 2.57. The van der Waals surface area contributed by atoms with Crippen molar-refractivity contribution in [3.8, 4) is 11.5 Å². The number of ether oxygens (including phenoxy) is 2. The van der Waals surface area contributed by atoms with Gasteiger partial charge >= 0.3 is 0 Å². The minimum absolute atomic E-state index is 0.193. The standard InChI is InChI=1S/C20H23N3O4/c1-14(2)12-23-19(10-11-21-23)22-20(24)18-9-8-15(27-18)13-26-17-7-5-4-6-16(17)25-3/h4-11,14H,12-13H2,1-3H3,(H,22,24). The van der Waals surface area contributed by atoms with Crippen LogP contribution < -0.4 is 14.8 Å².